The van der Waals surface area contributed by atoms with Gasteiger partial charge in [-0.1, -0.05) is 30.3 Å². The average molecular weight is 283 g/mol. The molecule has 0 amide bonds. The van der Waals surface area contributed by atoms with Crippen LogP contribution in [0.25, 0.3) is 0 Å². The lowest BCUT2D eigenvalue weighted by molar-refractivity contribution is 0.0526. The maximum Gasteiger partial charge on any atom is 0.123 e. The zero-order valence-corrected chi connectivity index (χ0v) is 11.8. The number of fused-ring (bicyclic) bond motifs is 2. The molecule has 0 radical (unpaired) electrons. The highest BCUT2D eigenvalue weighted by molar-refractivity contribution is 5.37. The molecule has 2 nitrogen and oxygen atoms in total. The van der Waals surface area contributed by atoms with Crippen LogP contribution in [0.2, 0.25) is 0 Å². The Bertz CT molecular complexity index is 685. The second-order valence-corrected chi connectivity index (χ2v) is 6.05. The van der Waals surface area contributed by atoms with E-state index in [1.807, 2.05) is 24.3 Å². The number of rotatable bonds is 1. The molecule has 108 valence electrons. The fourth-order valence-electron chi connectivity index (χ4n) is 3.71. The molecule has 0 saturated carbocycles. The van der Waals surface area contributed by atoms with E-state index in [0.29, 0.717) is 0 Å². The van der Waals surface area contributed by atoms with Crippen molar-refractivity contribution in [3.8, 4) is 0 Å². The Balaban J connectivity index is 1.60. The second kappa shape index (κ2) is 4.93. The minimum atomic E-state index is -0.434. The van der Waals surface area contributed by atoms with Crippen molar-refractivity contribution in [2.45, 2.75) is 31.5 Å². The van der Waals surface area contributed by atoms with Crippen LogP contribution in [0.3, 0.4) is 0 Å². The molecule has 1 N–H and O–H groups in total. The molecule has 2 aliphatic rings. The monoisotopic (exact) mass is 283 g/mol. The first-order valence-corrected chi connectivity index (χ1v) is 7.49. The van der Waals surface area contributed by atoms with E-state index in [1.54, 1.807) is 6.07 Å². The van der Waals surface area contributed by atoms with E-state index in [2.05, 4.69) is 11.0 Å². The molecule has 0 fully saturated rings. The Labute approximate surface area is 123 Å². The predicted molar refractivity (Wildman–Crippen MR) is 79.4 cm³/mol. The van der Waals surface area contributed by atoms with E-state index in [1.165, 1.54) is 17.2 Å². The first-order valence-electron chi connectivity index (χ1n) is 7.49. The molecule has 1 aliphatic heterocycles. The van der Waals surface area contributed by atoms with Crippen LogP contribution in [-0.2, 0) is 19.4 Å². The van der Waals surface area contributed by atoms with Gasteiger partial charge >= 0.3 is 0 Å². The van der Waals surface area contributed by atoms with Crippen molar-refractivity contribution in [3.63, 3.8) is 0 Å². The van der Waals surface area contributed by atoms with Crippen LogP contribution in [0.15, 0.2) is 42.5 Å². The topological polar surface area (TPSA) is 23.5 Å². The van der Waals surface area contributed by atoms with Gasteiger partial charge in [-0.3, -0.25) is 4.90 Å². The highest BCUT2D eigenvalue weighted by Crippen LogP contribution is 2.36. The summed E-state index contributed by atoms with van der Waals surface area (Å²) in [5, 5.41) is 10.6. The van der Waals surface area contributed by atoms with Crippen LogP contribution in [0, 0.1) is 5.82 Å². The van der Waals surface area contributed by atoms with Crippen LogP contribution >= 0.6 is 0 Å². The van der Waals surface area contributed by atoms with Gasteiger partial charge in [-0.2, -0.15) is 0 Å². The minimum Gasteiger partial charge on any atom is -0.387 e. The molecule has 4 rings (SSSR count). The van der Waals surface area contributed by atoms with Crippen molar-refractivity contribution < 1.29 is 9.50 Å². The largest absolute Gasteiger partial charge is 0.387 e. The van der Waals surface area contributed by atoms with Gasteiger partial charge in [0.15, 0.2) is 0 Å². The van der Waals surface area contributed by atoms with Gasteiger partial charge in [0.1, 0.15) is 5.82 Å². The first kappa shape index (κ1) is 13.0. The van der Waals surface area contributed by atoms with Crippen molar-refractivity contribution in [3.05, 3.63) is 70.5 Å². The summed E-state index contributed by atoms with van der Waals surface area (Å²) in [7, 11) is 0. The summed E-state index contributed by atoms with van der Waals surface area (Å²) in [5.74, 6) is -0.175. The fourth-order valence-corrected chi connectivity index (χ4v) is 3.71. The number of hydrogen-bond donors (Lipinski definition) is 1. The molecule has 0 spiro atoms. The molecular formula is C18H18FNO. The lowest BCUT2D eigenvalue weighted by Crippen LogP contribution is -2.41. The maximum absolute atomic E-state index is 13.4. The Morgan fingerprint density at radius 1 is 1.05 bits per heavy atom. The normalized spacial score (nSPS) is 24.7. The first-order chi connectivity index (χ1) is 10.2. The van der Waals surface area contributed by atoms with Gasteiger partial charge in [-0.15, -0.1) is 0 Å². The Morgan fingerprint density at radius 3 is 2.76 bits per heavy atom. The standard InChI is InChI=1S/C18H18FNO/c19-15-6-5-12-7-8-20(11-14(12)9-15)17-10-13-3-1-2-4-16(13)18(17)21/h1-6,9,17-18,21H,7-8,10-11H2. The van der Waals surface area contributed by atoms with Crippen molar-refractivity contribution in [1.82, 2.24) is 4.90 Å². The summed E-state index contributed by atoms with van der Waals surface area (Å²) < 4.78 is 13.4. The van der Waals surface area contributed by atoms with Gasteiger partial charge in [0.2, 0.25) is 0 Å². The van der Waals surface area contributed by atoms with Gasteiger partial charge in [0, 0.05) is 19.1 Å². The number of aliphatic hydroxyl groups excluding tert-OH is 1. The van der Waals surface area contributed by atoms with Crippen molar-refractivity contribution in [2.75, 3.05) is 6.54 Å². The Morgan fingerprint density at radius 2 is 1.90 bits per heavy atom. The molecule has 0 saturated heterocycles. The number of benzene rings is 2. The quantitative estimate of drug-likeness (QED) is 0.870. The smallest absolute Gasteiger partial charge is 0.123 e. The molecule has 0 aromatic heterocycles. The third-order valence-electron chi connectivity index (χ3n) is 4.85. The molecule has 3 heteroatoms. The van der Waals surface area contributed by atoms with Gasteiger partial charge in [-0.05, 0) is 47.2 Å². The van der Waals surface area contributed by atoms with E-state index in [4.69, 9.17) is 0 Å². The predicted octanol–water partition coefficient (Wildman–Crippen LogP) is 2.84. The zero-order chi connectivity index (χ0) is 14.4. The second-order valence-electron chi connectivity index (χ2n) is 6.05. The van der Waals surface area contributed by atoms with Gasteiger partial charge in [-0.25, -0.2) is 4.39 Å². The molecule has 2 aromatic carbocycles. The number of hydrogen-bond acceptors (Lipinski definition) is 2. The highest BCUT2D eigenvalue weighted by Gasteiger charge is 2.36. The summed E-state index contributed by atoms with van der Waals surface area (Å²) >= 11 is 0. The fraction of sp³-hybridized carbons (Fsp3) is 0.333. The molecule has 2 unspecified atom stereocenters. The van der Waals surface area contributed by atoms with Crippen molar-refractivity contribution in [1.29, 1.82) is 0 Å². The van der Waals surface area contributed by atoms with Gasteiger partial charge in [0.05, 0.1) is 6.10 Å². The lowest BCUT2D eigenvalue weighted by atomic mass is 9.97. The Kier molecular flexibility index (Phi) is 3.05. The van der Waals surface area contributed by atoms with Crippen LogP contribution in [0.4, 0.5) is 4.39 Å². The number of aliphatic hydroxyl groups is 1. The van der Waals surface area contributed by atoms with E-state index in [-0.39, 0.29) is 11.9 Å². The number of nitrogens with zero attached hydrogens (tertiary/aromatic N) is 1. The SMILES string of the molecule is OC1c2ccccc2CC1N1CCc2ccc(F)cc2C1. The van der Waals surface area contributed by atoms with Crippen LogP contribution in [0.1, 0.15) is 28.4 Å². The minimum absolute atomic E-state index is 0.110. The summed E-state index contributed by atoms with van der Waals surface area (Å²) in [4.78, 5) is 2.30. The highest BCUT2D eigenvalue weighted by atomic mass is 19.1. The summed E-state index contributed by atoms with van der Waals surface area (Å²) in [5.41, 5.74) is 4.58. The molecule has 2 atom stereocenters. The average Bonchev–Trinajstić information content (AvgIpc) is 2.84. The van der Waals surface area contributed by atoms with Gasteiger partial charge < -0.3 is 5.11 Å². The zero-order valence-electron chi connectivity index (χ0n) is 11.8. The van der Waals surface area contributed by atoms with Crippen LogP contribution in [0.5, 0.6) is 0 Å². The van der Waals surface area contributed by atoms with E-state index >= 15 is 0 Å². The van der Waals surface area contributed by atoms with Crippen molar-refractivity contribution >= 4 is 0 Å². The third-order valence-corrected chi connectivity index (χ3v) is 4.85. The molecule has 1 aliphatic carbocycles. The van der Waals surface area contributed by atoms with Crippen LogP contribution < -0.4 is 0 Å². The van der Waals surface area contributed by atoms with E-state index in [9.17, 15) is 9.50 Å². The third kappa shape index (κ3) is 2.17. The Hall–Kier alpha value is -1.71. The molecular weight excluding hydrogens is 265 g/mol. The van der Waals surface area contributed by atoms with E-state index < -0.39 is 6.10 Å². The number of halogens is 1. The summed E-state index contributed by atoms with van der Waals surface area (Å²) in [6.07, 6.45) is 1.37. The molecule has 21 heavy (non-hydrogen) atoms. The molecule has 1 heterocycles. The molecule has 0 bridgehead atoms. The maximum atomic E-state index is 13.4. The molecule has 2 aromatic rings. The lowest BCUT2D eigenvalue weighted by Gasteiger charge is -2.35. The van der Waals surface area contributed by atoms with Gasteiger partial charge in [0.25, 0.3) is 0 Å². The van der Waals surface area contributed by atoms with Crippen molar-refractivity contribution in [2.24, 2.45) is 0 Å². The van der Waals surface area contributed by atoms with E-state index in [0.717, 1.165) is 37.1 Å². The van der Waals surface area contributed by atoms with Crippen LogP contribution in [-0.4, -0.2) is 22.6 Å². The summed E-state index contributed by atoms with van der Waals surface area (Å²) in [6, 6.07) is 13.3. The summed E-state index contributed by atoms with van der Waals surface area (Å²) in [6.45, 7) is 1.65.